The van der Waals surface area contributed by atoms with E-state index in [9.17, 15) is 4.79 Å². The Labute approximate surface area is 107 Å². The van der Waals surface area contributed by atoms with Crippen LogP contribution in [0, 0.1) is 6.92 Å². The van der Waals surface area contributed by atoms with Crippen LogP contribution >= 0.6 is 0 Å². The smallest absolute Gasteiger partial charge is 0.249 e. The van der Waals surface area contributed by atoms with Crippen LogP contribution < -0.4 is 10.1 Å². The first kappa shape index (κ1) is 12.9. The second kappa shape index (κ2) is 6.40. The van der Waals surface area contributed by atoms with E-state index >= 15 is 0 Å². The zero-order valence-corrected chi connectivity index (χ0v) is 10.6. The molecule has 1 atom stereocenters. The largest absolute Gasteiger partial charge is 0.492 e. The summed E-state index contributed by atoms with van der Waals surface area (Å²) in [4.78, 5) is 11.6. The zero-order valence-electron chi connectivity index (χ0n) is 10.6. The lowest BCUT2D eigenvalue weighted by Crippen LogP contribution is -2.36. The molecule has 1 saturated heterocycles. The highest BCUT2D eigenvalue weighted by Gasteiger charge is 2.22. The molecule has 1 heterocycles. The molecule has 0 saturated carbocycles. The van der Waals surface area contributed by atoms with E-state index in [0.29, 0.717) is 19.8 Å². The first-order chi connectivity index (χ1) is 8.75. The minimum atomic E-state index is -0.260. The van der Waals surface area contributed by atoms with Gasteiger partial charge in [-0.1, -0.05) is 12.1 Å². The Kier molecular flexibility index (Phi) is 4.59. The molecule has 1 aliphatic rings. The Morgan fingerprint density at radius 1 is 1.56 bits per heavy atom. The standard InChI is InChI=1S/C14H19NO3/c1-11-4-2-5-12(10-11)17-9-7-15-14(16)13-6-3-8-18-13/h2,4-5,10,13H,3,6-9H2,1H3,(H,15,16). The molecule has 1 fully saturated rings. The van der Waals surface area contributed by atoms with Gasteiger partial charge in [0.2, 0.25) is 5.91 Å². The number of rotatable bonds is 5. The number of benzene rings is 1. The summed E-state index contributed by atoms with van der Waals surface area (Å²) < 4.78 is 10.8. The summed E-state index contributed by atoms with van der Waals surface area (Å²) in [6.45, 7) is 3.69. The van der Waals surface area contributed by atoms with Crippen molar-refractivity contribution in [3.63, 3.8) is 0 Å². The second-order valence-corrected chi connectivity index (χ2v) is 4.46. The van der Waals surface area contributed by atoms with E-state index < -0.39 is 0 Å². The van der Waals surface area contributed by atoms with Gasteiger partial charge in [-0.3, -0.25) is 4.79 Å². The molecule has 0 radical (unpaired) electrons. The maximum atomic E-state index is 11.6. The molecule has 1 unspecified atom stereocenters. The van der Waals surface area contributed by atoms with Crippen molar-refractivity contribution in [3.05, 3.63) is 29.8 Å². The van der Waals surface area contributed by atoms with Gasteiger partial charge in [-0.05, 0) is 37.5 Å². The molecular formula is C14H19NO3. The molecule has 1 amide bonds. The molecule has 0 bridgehead atoms. The molecule has 1 N–H and O–H groups in total. The van der Waals surface area contributed by atoms with Gasteiger partial charge in [0.25, 0.3) is 0 Å². The zero-order chi connectivity index (χ0) is 12.8. The molecule has 2 rings (SSSR count). The molecule has 1 aliphatic heterocycles. The molecule has 1 aromatic carbocycles. The van der Waals surface area contributed by atoms with Crippen LogP contribution in [-0.2, 0) is 9.53 Å². The monoisotopic (exact) mass is 249 g/mol. The van der Waals surface area contributed by atoms with Crippen molar-refractivity contribution in [3.8, 4) is 5.75 Å². The van der Waals surface area contributed by atoms with Crippen molar-refractivity contribution in [2.24, 2.45) is 0 Å². The summed E-state index contributed by atoms with van der Waals surface area (Å²) in [7, 11) is 0. The lowest BCUT2D eigenvalue weighted by Gasteiger charge is -2.11. The van der Waals surface area contributed by atoms with Crippen molar-refractivity contribution in [2.45, 2.75) is 25.9 Å². The second-order valence-electron chi connectivity index (χ2n) is 4.46. The Morgan fingerprint density at radius 2 is 2.44 bits per heavy atom. The molecule has 4 heteroatoms. The van der Waals surface area contributed by atoms with Gasteiger partial charge in [0.15, 0.2) is 0 Å². The molecule has 0 spiro atoms. The van der Waals surface area contributed by atoms with Gasteiger partial charge in [-0.25, -0.2) is 0 Å². The predicted octanol–water partition coefficient (Wildman–Crippen LogP) is 1.67. The SMILES string of the molecule is Cc1cccc(OCCNC(=O)C2CCCO2)c1. The minimum Gasteiger partial charge on any atom is -0.492 e. The third-order valence-electron chi connectivity index (χ3n) is 2.88. The van der Waals surface area contributed by atoms with E-state index in [1.54, 1.807) is 0 Å². The molecule has 1 aromatic rings. The molecule has 98 valence electrons. The summed E-state index contributed by atoms with van der Waals surface area (Å²) >= 11 is 0. The van der Waals surface area contributed by atoms with Gasteiger partial charge in [0, 0.05) is 6.61 Å². The quantitative estimate of drug-likeness (QED) is 0.807. The van der Waals surface area contributed by atoms with Gasteiger partial charge in [0.1, 0.15) is 18.5 Å². The predicted molar refractivity (Wildman–Crippen MR) is 68.7 cm³/mol. The molecule has 0 aliphatic carbocycles. The Hall–Kier alpha value is -1.55. The lowest BCUT2D eigenvalue weighted by atomic mass is 10.2. The van der Waals surface area contributed by atoms with Crippen LogP contribution in [0.2, 0.25) is 0 Å². The van der Waals surface area contributed by atoms with Gasteiger partial charge in [0.05, 0.1) is 6.54 Å². The number of amides is 1. The van der Waals surface area contributed by atoms with E-state index in [1.807, 2.05) is 31.2 Å². The topological polar surface area (TPSA) is 47.6 Å². The Morgan fingerprint density at radius 3 is 3.17 bits per heavy atom. The molecule has 4 nitrogen and oxygen atoms in total. The first-order valence-corrected chi connectivity index (χ1v) is 6.34. The highest BCUT2D eigenvalue weighted by Crippen LogP contribution is 2.12. The maximum Gasteiger partial charge on any atom is 0.249 e. The van der Waals surface area contributed by atoms with Gasteiger partial charge in [-0.15, -0.1) is 0 Å². The van der Waals surface area contributed by atoms with Crippen molar-refractivity contribution >= 4 is 5.91 Å². The van der Waals surface area contributed by atoms with Crippen LogP contribution in [0.15, 0.2) is 24.3 Å². The van der Waals surface area contributed by atoms with E-state index in [-0.39, 0.29) is 12.0 Å². The summed E-state index contributed by atoms with van der Waals surface area (Å²) in [6.07, 6.45) is 1.53. The fraction of sp³-hybridized carbons (Fsp3) is 0.500. The van der Waals surface area contributed by atoms with Crippen molar-refractivity contribution in [1.82, 2.24) is 5.32 Å². The number of hydrogen-bond acceptors (Lipinski definition) is 3. The minimum absolute atomic E-state index is 0.0275. The van der Waals surface area contributed by atoms with Crippen LogP contribution in [0.1, 0.15) is 18.4 Å². The van der Waals surface area contributed by atoms with Gasteiger partial charge < -0.3 is 14.8 Å². The van der Waals surface area contributed by atoms with Crippen molar-refractivity contribution in [2.75, 3.05) is 19.8 Å². The number of carbonyl (C=O) groups is 1. The van der Waals surface area contributed by atoms with Crippen LogP contribution in [0.4, 0.5) is 0 Å². The third kappa shape index (κ3) is 3.74. The number of carbonyl (C=O) groups excluding carboxylic acids is 1. The Bertz CT molecular complexity index is 400. The van der Waals surface area contributed by atoms with Crippen LogP contribution in [0.25, 0.3) is 0 Å². The fourth-order valence-electron chi connectivity index (χ4n) is 1.95. The average Bonchev–Trinajstić information content (AvgIpc) is 2.88. The first-order valence-electron chi connectivity index (χ1n) is 6.34. The number of nitrogens with one attached hydrogen (secondary N) is 1. The maximum absolute atomic E-state index is 11.6. The number of ether oxygens (including phenoxy) is 2. The number of hydrogen-bond donors (Lipinski definition) is 1. The van der Waals surface area contributed by atoms with Gasteiger partial charge in [-0.2, -0.15) is 0 Å². The number of aryl methyl sites for hydroxylation is 1. The summed E-state index contributed by atoms with van der Waals surface area (Å²) in [5.41, 5.74) is 1.16. The average molecular weight is 249 g/mol. The van der Waals surface area contributed by atoms with E-state index in [0.717, 1.165) is 24.2 Å². The lowest BCUT2D eigenvalue weighted by molar-refractivity contribution is -0.130. The Balaban J connectivity index is 1.65. The fourth-order valence-corrected chi connectivity index (χ4v) is 1.95. The highest BCUT2D eigenvalue weighted by molar-refractivity contribution is 5.80. The van der Waals surface area contributed by atoms with Crippen molar-refractivity contribution < 1.29 is 14.3 Å². The van der Waals surface area contributed by atoms with Crippen molar-refractivity contribution in [1.29, 1.82) is 0 Å². The van der Waals surface area contributed by atoms with Crippen LogP contribution in [0.5, 0.6) is 5.75 Å². The molecular weight excluding hydrogens is 230 g/mol. The van der Waals surface area contributed by atoms with Crippen LogP contribution in [-0.4, -0.2) is 31.8 Å². The summed E-state index contributed by atoms with van der Waals surface area (Å²) in [5.74, 6) is 0.807. The third-order valence-corrected chi connectivity index (χ3v) is 2.88. The van der Waals surface area contributed by atoms with E-state index in [4.69, 9.17) is 9.47 Å². The van der Waals surface area contributed by atoms with E-state index in [1.165, 1.54) is 0 Å². The molecule has 0 aromatic heterocycles. The summed E-state index contributed by atoms with van der Waals surface area (Å²) in [5, 5.41) is 2.82. The molecule has 18 heavy (non-hydrogen) atoms. The normalized spacial score (nSPS) is 18.6. The summed E-state index contributed by atoms with van der Waals surface area (Å²) in [6, 6.07) is 7.86. The van der Waals surface area contributed by atoms with E-state index in [2.05, 4.69) is 5.32 Å². The highest BCUT2D eigenvalue weighted by atomic mass is 16.5. The van der Waals surface area contributed by atoms with Gasteiger partial charge >= 0.3 is 0 Å². The van der Waals surface area contributed by atoms with Crippen LogP contribution in [0.3, 0.4) is 0 Å².